The van der Waals surface area contributed by atoms with Crippen molar-refractivity contribution in [3.63, 3.8) is 0 Å². The van der Waals surface area contributed by atoms with Crippen molar-refractivity contribution in [1.82, 2.24) is 5.32 Å². The highest BCUT2D eigenvalue weighted by Gasteiger charge is 2.10. The number of carbonyl (C=O) groups is 2. The third-order valence-corrected chi connectivity index (χ3v) is 3.24. The van der Waals surface area contributed by atoms with Crippen LogP contribution in [0.4, 0.5) is 0 Å². The van der Waals surface area contributed by atoms with Gasteiger partial charge in [-0.05, 0) is 36.9 Å². The Hall–Kier alpha value is -1.40. The molecule has 0 atom stereocenters. The molecule has 0 aliphatic heterocycles. The van der Waals surface area contributed by atoms with Crippen molar-refractivity contribution >= 4 is 23.3 Å². The first-order valence-corrected chi connectivity index (χ1v) is 6.69. The van der Waals surface area contributed by atoms with Gasteiger partial charge in [0.1, 0.15) is 4.88 Å². The zero-order chi connectivity index (χ0) is 13.4. The van der Waals surface area contributed by atoms with Crippen LogP contribution in [0.25, 0.3) is 0 Å². The molecule has 1 heterocycles. The van der Waals surface area contributed by atoms with E-state index in [1.807, 2.05) is 0 Å². The molecule has 5 nitrogen and oxygen atoms in total. The molecule has 6 heteroatoms. The van der Waals surface area contributed by atoms with Gasteiger partial charge in [-0.1, -0.05) is 0 Å². The van der Waals surface area contributed by atoms with E-state index in [1.165, 1.54) is 11.3 Å². The number of thiophene rings is 1. The first kappa shape index (κ1) is 14.7. The number of aromatic carboxylic acids is 1. The zero-order valence-corrected chi connectivity index (χ0v) is 11.1. The van der Waals surface area contributed by atoms with Gasteiger partial charge in [-0.25, -0.2) is 4.79 Å². The van der Waals surface area contributed by atoms with Gasteiger partial charge < -0.3 is 15.2 Å². The number of rotatable bonds is 8. The maximum Gasteiger partial charge on any atom is 0.346 e. The molecule has 1 aromatic heterocycles. The SMILES string of the molecule is CCOC(=O)CCCNCc1ccsc1C(=O)O. The molecule has 0 unspecified atom stereocenters. The molecule has 0 aromatic carbocycles. The van der Waals surface area contributed by atoms with E-state index in [1.54, 1.807) is 18.4 Å². The van der Waals surface area contributed by atoms with Crippen LogP contribution in [-0.2, 0) is 16.1 Å². The van der Waals surface area contributed by atoms with Gasteiger partial charge in [-0.15, -0.1) is 11.3 Å². The van der Waals surface area contributed by atoms with Crippen molar-refractivity contribution in [1.29, 1.82) is 0 Å². The minimum atomic E-state index is -0.895. The number of carbonyl (C=O) groups excluding carboxylic acids is 1. The molecule has 0 aliphatic rings. The lowest BCUT2D eigenvalue weighted by molar-refractivity contribution is -0.143. The number of esters is 1. The molecule has 18 heavy (non-hydrogen) atoms. The summed E-state index contributed by atoms with van der Waals surface area (Å²) < 4.78 is 4.80. The fourth-order valence-electron chi connectivity index (χ4n) is 1.48. The number of hydrogen-bond donors (Lipinski definition) is 2. The summed E-state index contributed by atoms with van der Waals surface area (Å²) in [4.78, 5) is 22.3. The second-order valence-corrected chi connectivity index (χ2v) is 4.58. The van der Waals surface area contributed by atoms with Gasteiger partial charge in [0.15, 0.2) is 0 Å². The highest BCUT2D eigenvalue weighted by atomic mass is 32.1. The van der Waals surface area contributed by atoms with Gasteiger partial charge in [-0.2, -0.15) is 0 Å². The Bertz CT molecular complexity index is 403. The number of carboxylic acids is 1. The number of nitrogens with one attached hydrogen (secondary N) is 1. The minimum Gasteiger partial charge on any atom is -0.477 e. The lowest BCUT2D eigenvalue weighted by Gasteiger charge is -2.04. The van der Waals surface area contributed by atoms with Crippen LogP contribution in [0.15, 0.2) is 11.4 Å². The quantitative estimate of drug-likeness (QED) is 0.557. The van der Waals surface area contributed by atoms with E-state index in [0.717, 1.165) is 5.56 Å². The van der Waals surface area contributed by atoms with Gasteiger partial charge in [0.25, 0.3) is 0 Å². The van der Waals surface area contributed by atoms with Gasteiger partial charge >= 0.3 is 11.9 Å². The van der Waals surface area contributed by atoms with Crippen LogP contribution < -0.4 is 5.32 Å². The summed E-state index contributed by atoms with van der Waals surface area (Å²) in [5.41, 5.74) is 0.781. The number of hydrogen-bond acceptors (Lipinski definition) is 5. The summed E-state index contributed by atoms with van der Waals surface area (Å²) in [6.45, 7) is 3.35. The Morgan fingerprint density at radius 1 is 1.50 bits per heavy atom. The maximum atomic E-state index is 11.1. The largest absolute Gasteiger partial charge is 0.477 e. The lowest BCUT2D eigenvalue weighted by atomic mass is 10.2. The number of ether oxygens (including phenoxy) is 1. The summed E-state index contributed by atoms with van der Waals surface area (Å²) in [5.74, 6) is -1.09. The van der Waals surface area contributed by atoms with Crippen molar-refractivity contribution in [2.75, 3.05) is 13.2 Å². The summed E-state index contributed by atoms with van der Waals surface area (Å²) >= 11 is 1.22. The molecule has 0 bridgehead atoms. The fourth-order valence-corrected chi connectivity index (χ4v) is 2.24. The van der Waals surface area contributed by atoms with Crippen LogP contribution in [0.5, 0.6) is 0 Å². The third kappa shape index (κ3) is 4.85. The van der Waals surface area contributed by atoms with E-state index in [4.69, 9.17) is 9.84 Å². The molecule has 0 saturated heterocycles. The van der Waals surface area contributed by atoms with Gasteiger partial charge in [-0.3, -0.25) is 4.79 Å². The normalized spacial score (nSPS) is 10.3. The third-order valence-electron chi connectivity index (χ3n) is 2.30. The Labute approximate surface area is 110 Å². The fraction of sp³-hybridized carbons (Fsp3) is 0.500. The molecule has 0 aliphatic carbocycles. The molecule has 0 fully saturated rings. The van der Waals surface area contributed by atoms with Gasteiger partial charge in [0.2, 0.25) is 0 Å². The Balaban J connectivity index is 2.20. The molecule has 0 saturated carbocycles. The van der Waals surface area contributed by atoms with Crippen LogP contribution in [0.2, 0.25) is 0 Å². The van der Waals surface area contributed by atoms with Crippen molar-refractivity contribution in [2.45, 2.75) is 26.3 Å². The highest BCUT2D eigenvalue weighted by Crippen LogP contribution is 2.16. The first-order chi connectivity index (χ1) is 8.65. The molecule has 0 amide bonds. The van der Waals surface area contributed by atoms with E-state index in [-0.39, 0.29) is 5.97 Å². The summed E-state index contributed by atoms with van der Waals surface area (Å²) in [6, 6.07) is 1.80. The average Bonchev–Trinajstić information content (AvgIpc) is 2.77. The molecular formula is C12H17NO4S. The Morgan fingerprint density at radius 2 is 2.28 bits per heavy atom. The molecule has 100 valence electrons. The zero-order valence-electron chi connectivity index (χ0n) is 10.3. The van der Waals surface area contributed by atoms with Crippen LogP contribution in [0, 0.1) is 0 Å². The second-order valence-electron chi connectivity index (χ2n) is 3.67. The van der Waals surface area contributed by atoms with E-state index in [2.05, 4.69) is 5.32 Å². The van der Waals surface area contributed by atoms with Crippen molar-refractivity contribution in [2.24, 2.45) is 0 Å². The van der Waals surface area contributed by atoms with E-state index < -0.39 is 5.97 Å². The number of carboxylic acid groups (broad SMARTS) is 1. The van der Waals surface area contributed by atoms with Crippen molar-refractivity contribution in [3.05, 3.63) is 21.9 Å². The van der Waals surface area contributed by atoms with Crippen LogP contribution >= 0.6 is 11.3 Å². The highest BCUT2D eigenvalue weighted by molar-refractivity contribution is 7.12. The Kier molecular flexibility index (Phi) is 6.38. The van der Waals surface area contributed by atoms with Crippen LogP contribution in [0.1, 0.15) is 35.0 Å². The van der Waals surface area contributed by atoms with Crippen LogP contribution in [-0.4, -0.2) is 30.2 Å². The predicted molar refractivity (Wildman–Crippen MR) is 68.9 cm³/mol. The predicted octanol–water partition coefficient (Wildman–Crippen LogP) is 1.88. The molecule has 0 spiro atoms. The molecule has 2 N–H and O–H groups in total. The molecular weight excluding hydrogens is 254 g/mol. The molecule has 1 rings (SSSR count). The van der Waals surface area contributed by atoms with Crippen molar-refractivity contribution in [3.8, 4) is 0 Å². The van der Waals surface area contributed by atoms with Crippen molar-refractivity contribution < 1.29 is 19.4 Å². The smallest absolute Gasteiger partial charge is 0.346 e. The standard InChI is InChI=1S/C12H17NO4S/c1-2-17-10(14)4-3-6-13-8-9-5-7-18-11(9)12(15)16/h5,7,13H,2-4,6,8H2,1H3,(H,15,16). The van der Waals surface area contributed by atoms with E-state index in [0.29, 0.717) is 37.4 Å². The topological polar surface area (TPSA) is 75.6 Å². The van der Waals surface area contributed by atoms with Gasteiger partial charge in [0.05, 0.1) is 6.61 Å². The van der Waals surface area contributed by atoms with Crippen LogP contribution in [0.3, 0.4) is 0 Å². The second kappa shape index (κ2) is 7.84. The monoisotopic (exact) mass is 271 g/mol. The first-order valence-electron chi connectivity index (χ1n) is 5.81. The molecule has 1 aromatic rings. The summed E-state index contributed by atoms with van der Waals surface area (Å²) in [6.07, 6.45) is 1.07. The Morgan fingerprint density at radius 3 is 2.94 bits per heavy atom. The summed E-state index contributed by atoms with van der Waals surface area (Å²) in [5, 5.41) is 13.8. The minimum absolute atomic E-state index is 0.193. The van der Waals surface area contributed by atoms with E-state index >= 15 is 0 Å². The average molecular weight is 271 g/mol. The maximum absolute atomic E-state index is 11.1. The summed E-state index contributed by atoms with van der Waals surface area (Å²) in [7, 11) is 0. The lowest BCUT2D eigenvalue weighted by Crippen LogP contribution is -2.17. The van der Waals surface area contributed by atoms with Gasteiger partial charge in [0, 0.05) is 13.0 Å². The van der Waals surface area contributed by atoms with E-state index in [9.17, 15) is 9.59 Å². The molecule has 0 radical (unpaired) electrons.